The molecule has 0 heterocycles. The minimum absolute atomic E-state index is 0.227. The maximum atomic E-state index is 13.1. The fourth-order valence-electron chi connectivity index (χ4n) is 1.76. The Bertz CT molecular complexity index is 390. The summed E-state index contributed by atoms with van der Waals surface area (Å²) in [5, 5.41) is 0. The van der Waals surface area contributed by atoms with E-state index in [-0.39, 0.29) is 12.3 Å². The van der Waals surface area contributed by atoms with E-state index in [4.69, 9.17) is 0 Å². The molecule has 0 aliphatic rings. The van der Waals surface area contributed by atoms with Gasteiger partial charge < -0.3 is 4.74 Å². The van der Waals surface area contributed by atoms with Crippen LogP contribution in [-0.2, 0) is 9.53 Å². The first-order valence-electron chi connectivity index (χ1n) is 6.63. The van der Waals surface area contributed by atoms with Gasteiger partial charge in [-0.1, -0.05) is 27.2 Å². The van der Waals surface area contributed by atoms with Gasteiger partial charge in [-0.2, -0.15) is 30.7 Å². The van der Waals surface area contributed by atoms with Gasteiger partial charge in [-0.25, -0.2) is 0 Å². The molecule has 1 unspecified atom stereocenters. The lowest BCUT2D eigenvalue weighted by Gasteiger charge is -2.33. The molecule has 0 rings (SSSR count). The van der Waals surface area contributed by atoms with Crippen LogP contribution in [0.15, 0.2) is 0 Å². The topological polar surface area (TPSA) is 26.3 Å². The van der Waals surface area contributed by atoms with Gasteiger partial charge in [0.25, 0.3) is 0 Å². The lowest BCUT2D eigenvalue weighted by molar-refractivity contribution is -0.360. The molecule has 0 aromatic heterocycles. The Morgan fingerprint density at radius 3 is 1.82 bits per heavy atom. The normalized spacial score (nSPS) is 16.5. The number of alkyl halides is 7. The number of carbonyl (C=O) groups excluding carboxylic acids is 1. The second-order valence-corrected chi connectivity index (χ2v) is 5.67. The molecule has 132 valence electrons. The molecule has 0 saturated carbocycles. The van der Waals surface area contributed by atoms with Crippen molar-refractivity contribution in [2.45, 2.75) is 58.6 Å². The summed E-state index contributed by atoms with van der Waals surface area (Å²) in [6, 6.07) is 0. The summed E-state index contributed by atoms with van der Waals surface area (Å²) >= 11 is 0. The molecule has 0 N–H and O–H groups in total. The van der Waals surface area contributed by atoms with Gasteiger partial charge in [-0.15, -0.1) is 0 Å². The van der Waals surface area contributed by atoms with Crippen LogP contribution in [0.5, 0.6) is 0 Å². The Morgan fingerprint density at radius 1 is 1.05 bits per heavy atom. The van der Waals surface area contributed by atoms with Crippen molar-refractivity contribution in [2.75, 3.05) is 6.61 Å². The number of rotatable bonds is 7. The molecule has 22 heavy (non-hydrogen) atoms. The highest BCUT2D eigenvalue weighted by Crippen LogP contribution is 2.46. The number of esters is 1. The molecule has 0 aliphatic heterocycles. The molecule has 0 aromatic rings. The first-order chi connectivity index (χ1) is 9.63. The predicted molar refractivity (Wildman–Crippen MR) is 64.8 cm³/mol. The fraction of sp³-hybridized carbons (Fsp3) is 0.923. The smallest absolute Gasteiger partial charge is 0.459 e. The van der Waals surface area contributed by atoms with Gasteiger partial charge in [0.15, 0.2) is 6.61 Å². The molecular formula is C13H19F7O2. The molecule has 1 atom stereocenters. The summed E-state index contributed by atoms with van der Waals surface area (Å²) in [6.45, 7) is 3.97. The van der Waals surface area contributed by atoms with Crippen molar-refractivity contribution in [1.29, 1.82) is 0 Å². The molecule has 0 fully saturated rings. The van der Waals surface area contributed by atoms with E-state index < -0.39 is 36.0 Å². The van der Waals surface area contributed by atoms with Gasteiger partial charge >= 0.3 is 24.0 Å². The van der Waals surface area contributed by atoms with Crippen molar-refractivity contribution >= 4 is 5.97 Å². The molecule has 0 bridgehead atoms. The van der Waals surface area contributed by atoms with E-state index in [1.54, 1.807) is 20.8 Å². The zero-order valence-corrected chi connectivity index (χ0v) is 12.7. The van der Waals surface area contributed by atoms with Crippen molar-refractivity contribution < 1.29 is 40.3 Å². The third-order valence-corrected chi connectivity index (χ3v) is 3.71. The van der Waals surface area contributed by atoms with Crippen molar-refractivity contribution in [2.24, 2.45) is 11.3 Å². The molecule has 0 amide bonds. The quantitative estimate of drug-likeness (QED) is 0.490. The van der Waals surface area contributed by atoms with E-state index in [2.05, 4.69) is 4.74 Å². The standard InChI is InChI=1S/C13H19F7O2/c1-5-6-10(4,8(2)3)9(21)22-7-11(14,15)12(16,17)13(18,19)20/h8H,5-7H2,1-4H3. The summed E-state index contributed by atoms with van der Waals surface area (Å²) in [5.41, 5.74) is -1.24. The lowest BCUT2D eigenvalue weighted by atomic mass is 9.75. The lowest BCUT2D eigenvalue weighted by Crippen LogP contribution is -2.55. The van der Waals surface area contributed by atoms with Crippen LogP contribution in [0.3, 0.4) is 0 Å². The average molecular weight is 340 g/mol. The van der Waals surface area contributed by atoms with Gasteiger partial charge in [0, 0.05) is 0 Å². The maximum absolute atomic E-state index is 13.1. The van der Waals surface area contributed by atoms with Crippen LogP contribution in [0.1, 0.15) is 40.5 Å². The number of carbonyl (C=O) groups is 1. The van der Waals surface area contributed by atoms with E-state index in [0.29, 0.717) is 6.42 Å². The van der Waals surface area contributed by atoms with Crippen LogP contribution in [0, 0.1) is 11.3 Å². The van der Waals surface area contributed by atoms with Gasteiger partial charge in [0.2, 0.25) is 0 Å². The zero-order chi connectivity index (χ0) is 18.0. The first-order valence-corrected chi connectivity index (χ1v) is 6.63. The minimum atomic E-state index is -6.44. The number of halogens is 7. The highest BCUT2D eigenvalue weighted by Gasteiger charge is 2.73. The summed E-state index contributed by atoms with van der Waals surface area (Å²) in [4.78, 5) is 11.8. The molecule has 0 aromatic carbocycles. The SMILES string of the molecule is CCCC(C)(C(=O)OCC(F)(F)C(F)(F)C(F)(F)F)C(C)C. The predicted octanol–water partition coefficient (Wildman–Crippen LogP) is 4.82. The van der Waals surface area contributed by atoms with E-state index in [9.17, 15) is 35.5 Å². The van der Waals surface area contributed by atoms with E-state index in [0.717, 1.165) is 0 Å². The zero-order valence-electron chi connectivity index (χ0n) is 12.7. The third-order valence-electron chi connectivity index (χ3n) is 3.71. The summed E-state index contributed by atoms with van der Waals surface area (Å²) in [5.74, 6) is -13.4. The first kappa shape index (κ1) is 21.0. The third kappa shape index (κ3) is 4.04. The Morgan fingerprint density at radius 2 is 1.50 bits per heavy atom. The van der Waals surface area contributed by atoms with Crippen LogP contribution < -0.4 is 0 Å². The van der Waals surface area contributed by atoms with Crippen LogP contribution in [0.25, 0.3) is 0 Å². The fourth-order valence-corrected chi connectivity index (χ4v) is 1.76. The highest BCUT2D eigenvalue weighted by molar-refractivity contribution is 5.76. The minimum Gasteiger partial charge on any atom is -0.459 e. The van der Waals surface area contributed by atoms with E-state index >= 15 is 0 Å². The summed E-state index contributed by atoms with van der Waals surface area (Å²) in [7, 11) is 0. The van der Waals surface area contributed by atoms with Gasteiger partial charge in [-0.3, -0.25) is 4.79 Å². The monoisotopic (exact) mass is 340 g/mol. The molecule has 0 spiro atoms. The van der Waals surface area contributed by atoms with Crippen LogP contribution in [0.2, 0.25) is 0 Å². The van der Waals surface area contributed by atoms with E-state index in [1.807, 2.05) is 0 Å². The Kier molecular flexibility index (Phi) is 6.31. The Hall–Kier alpha value is -1.02. The van der Waals surface area contributed by atoms with E-state index in [1.165, 1.54) is 6.92 Å². The molecule has 9 heteroatoms. The van der Waals surface area contributed by atoms with Crippen molar-refractivity contribution in [3.63, 3.8) is 0 Å². The second kappa shape index (κ2) is 6.62. The summed E-state index contributed by atoms with van der Waals surface area (Å²) < 4.78 is 91.6. The van der Waals surface area contributed by atoms with Gasteiger partial charge in [0.1, 0.15) is 0 Å². The molecule has 0 radical (unpaired) electrons. The number of hydrogen-bond donors (Lipinski definition) is 0. The van der Waals surface area contributed by atoms with Crippen molar-refractivity contribution in [3.05, 3.63) is 0 Å². The maximum Gasteiger partial charge on any atom is 0.460 e. The largest absolute Gasteiger partial charge is 0.460 e. The van der Waals surface area contributed by atoms with Gasteiger partial charge in [0.05, 0.1) is 5.41 Å². The second-order valence-electron chi connectivity index (χ2n) is 5.67. The number of ether oxygens (including phenoxy) is 1. The molecule has 0 saturated heterocycles. The number of hydrogen-bond acceptors (Lipinski definition) is 2. The molecular weight excluding hydrogens is 321 g/mol. The van der Waals surface area contributed by atoms with Crippen LogP contribution in [-0.4, -0.2) is 30.6 Å². The van der Waals surface area contributed by atoms with Crippen LogP contribution >= 0.6 is 0 Å². The Balaban J connectivity index is 5.10. The van der Waals surface area contributed by atoms with Gasteiger partial charge in [-0.05, 0) is 19.3 Å². The summed E-state index contributed by atoms with van der Waals surface area (Å²) in [6.07, 6.45) is -5.72. The van der Waals surface area contributed by atoms with Crippen molar-refractivity contribution in [3.8, 4) is 0 Å². The van der Waals surface area contributed by atoms with Crippen LogP contribution in [0.4, 0.5) is 30.7 Å². The van der Waals surface area contributed by atoms with Crippen molar-refractivity contribution in [1.82, 2.24) is 0 Å². The molecule has 0 aliphatic carbocycles. The average Bonchev–Trinajstić information content (AvgIpc) is 2.34. The Labute approximate surface area is 124 Å². The highest BCUT2D eigenvalue weighted by atomic mass is 19.4. The molecule has 2 nitrogen and oxygen atoms in total.